The molecule has 0 aliphatic rings. The number of aliphatic hydroxyl groups is 1. The molecule has 1 aromatic rings. The van der Waals surface area contributed by atoms with Crippen LogP contribution in [-0.4, -0.2) is 27.7 Å². The maximum Gasteiger partial charge on any atom is 0.343 e. The lowest BCUT2D eigenvalue weighted by molar-refractivity contribution is -0.153. The van der Waals surface area contributed by atoms with Crippen LogP contribution in [0.25, 0.3) is 0 Å². The van der Waals surface area contributed by atoms with Gasteiger partial charge in [0.2, 0.25) is 6.10 Å². The van der Waals surface area contributed by atoms with E-state index in [9.17, 15) is 9.90 Å². The first-order valence-corrected chi connectivity index (χ1v) is 3.87. The van der Waals surface area contributed by atoms with E-state index in [1.165, 1.54) is 12.4 Å². The fourth-order valence-electron chi connectivity index (χ4n) is 0.778. The standard InChI is InChI=1S/C8H10N2O3/c1-2-13-8(12)6(11)7-9-4-3-5-10-7/h3-6,11H,2H2,1H3. The van der Waals surface area contributed by atoms with E-state index >= 15 is 0 Å². The fraction of sp³-hybridized carbons (Fsp3) is 0.375. The number of carbonyl (C=O) groups is 1. The monoisotopic (exact) mass is 182 g/mol. The lowest BCUT2D eigenvalue weighted by atomic mass is 10.3. The highest BCUT2D eigenvalue weighted by molar-refractivity contribution is 5.74. The van der Waals surface area contributed by atoms with Crippen LogP contribution in [0.1, 0.15) is 18.9 Å². The Labute approximate surface area is 75.4 Å². The molecule has 0 bridgehead atoms. The van der Waals surface area contributed by atoms with Gasteiger partial charge in [-0.05, 0) is 13.0 Å². The molecule has 0 saturated heterocycles. The van der Waals surface area contributed by atoms with E-state index in [1.807, 2.05) is 0 Å². The van der Waals surface area contributed by atoms with Gasteiger partial charge in [-0.1, -0.05) is 0 Å². The number of esters is 1. The van der Waals surface area contributed by atoms with Gasteiger partial charge in [0.05, 0.1) is 6.61 Å². The minimum Gasteiger partial charge on any atom is -0.464 e. The summed E-state index contributed by atoms with van der Waals surface area (Å²) in [5.41, 5.74) is 0. The number of carbonyl (C=O) groups excluding carboxylic acids is 1. The molecule has 1 heterocycles. The molecule has 0 radical (unpaired) electrons. The highest BCUT2D eigenvalue weighted by atomic mass is 16.5. The molecule has 0 fully saturated rings. The Morgan fingerprint density at radius 3 is 2.77 bits per heavy atom. The zero-order valence-electron chi connectivity index (χ0n) is 7.17. The van der Waals surface area contributed by atoms with Crippen molar-refractivity contribution in [2.45, 2.75) is 13.0 Å². The first kappa shape index (κ1) is 9.60. The predicted octanol–water partition coefficient (Wildman–Crippen LogP) is 0.0731. The maximum atomic E-state index is 11.0. The van der Waals surface area contributed by atoms with E-state index < -0.39 is 12.1 Å². The number of hydrogen-bond donors (Lipinski definition) is 1. The Morgan fingerprint density at radius 2 is 2.23 bits per heavy atom. The third-order valence-corrected chi connectivity index (χ3v) is 1.34. The Hall–Kier alpha value is -1.49. The number of hydrogen-bond acceptors (Lipinski definition) is 5. The second-order valence-electron chi connectivity index (χ2n) is 2.26. The van der Waals surface area contributed by atoms with Crippen molar-refractivity contribution in [2.24, 2.45) is 0 Å². The zero-order valence-corrected chi connectivity index (χ0v) is 7.17. The summed E-state index contributed by atoms with van der Waals surface area (Å²) in [6.07, 6.45) is 1.51. The van der Waals surface area contributed by atoms with Gasteiger partial charge in [-0.2, -0.15) is 0 Å². The lowest BCUT2D eigenvalue weighted by Gasteiger charge is -2.06. The molecule has 0 aliphatic carbocycles. The average molecular weight is 182 g/mol. The van der Waals surface area contributed by atoms with E-state index in [-0.39, 0.29) is 12.4 Å². The van der Waals surface area contributed by atoms with Crippen molar-refractivity contribution in [3.63, 3.8) is 0 Å². The first-order chi connectivity index (χ1) is 6.25. The molecule has 13 heavy (non-hydrogen) atoms. The van der Waals surface area contributed by atoms with Gasteiger partial charge < -0.3 is 9.84 Å². The van der Waals surface area contributed by atoms with E-state index in [4.69, 9.17) is 0 Å². The summed E-state index contributed by atoms with van der Waals surface area (Å²) >= 11 is 0. The molecule has 1 unspecified atom stereocenters. The van der Waals surface area contributed by atoms with Gasteiger partial charge in [-0.25, -0.2) is 14.8 Å². The summed E-state index contributed by atoms with van der Waals surface area (Å²) in [4.78, 5) is 18.4. The molecule has 0 aromatic carbocycles. The molecule has 1 aromatic heterocycles. The van der Waals surface area contributed by atoms with Crippen molar-refractivity contribution in [1.29, 1.82) is 0 Å². The number of aliphatic hydroxyl groups excluding tert-OH is 1. The van der Waals surface area contributed by atoms with Crippen molar-refractivity contribution < 1.29 is 14.6 Å². The SMILES string of the molecule is CCOC(=O)C(O)c1ncccn1. The summed E-state index contributed by atoms with van der Waals surface area (Å²) in [6, 6.07) is 1.60. The first-order valence-electron chi connectivity index (χ1n) is 3.87. The molecule has 1 atom stereocenters. The van der Waals surface area contributed by atoms with Gasteiger partial charge in [0.1, 0.15) is 0 Å². The third kappa shape index (κ3) is 2.48. The van der Waals surface area contributed by atoms with Crippen LogP contribution in [0.15, 0.2) is 18.5 Å². The Kier molecular flexibility index (Phi) is 3.33. The van der Waals surface area contributed by atoms with Gasteiger partial charge >= 0.3 is 5.97 Å². The largest absolute Gasteiger partial charge is 0.464 e. The van der Waals surface area contributed by atoms with E-state index in [1.54, 1.807) is 13.0 Å². The van der Waals surface area contributed by atoms with Gasteiger partial charge in [0.15, 0.2) is 5.82 Å². The van der Waals surface area contributed by atoms with Gasteiger partial charge in [0.25, 0.3) is 0 Å². The topological polar surface area (TPSA) is 72.3 Å². The Balaban J connectivity index is 2.68. The zero-order chi connectivity index (χ0) is 9.68. The van der Waals surface area contributed by atoms with Crippen molar-refractivity contribution >= 4 is 5.97 Å². The molecular weight excluding hydrogens is 172 g/mol. The normalized spacial score (nSPS) is 12.2. The number of nitrogens with zero attached hydrogens (tertiary/aromatic N) is 2. The molecule has 1 rings (SSSR count). The molecule has 0 saturated carbocycles. The maximum absolute atomic E-state index is 11.0. The Morgan fingerprint density at radius 1 is 1.62 bits per heavy atom. The number of rotatable bonds is 3. The van der Waals surface area contributed by atoms with Crippen LogP contribution in [0.2, 0.25) is 0 Å². The molecular formula is C8H10N2O3. The van der Waals surface area contributed by atoms with Crippen LogP contribution in [0, 0.1) is 0 Å². The summed E-state index contributed by atoms with van der Waals surface area (Å²) in [5, 5.41) is 9.32. The summed E-state index contributed by atoms with van der Waals surface area (Å²) < 4.78 is 4.59. The number of aromatic nitrogens is 2. The van der Waals surface area contributed by atoms with Crippen LogP contribution < -0.4 is 0 Å². The molecule has 5 heteroatoms. The number of ether oxygens (including phenoxy) is 1. The smallest absolute Gasteiger partial charge is 0.343 e. The van der Waals surface area contributed by atoms with Crippen LogP contribution >= 0.6 is 0 Å². The van der Waals surface area contributed by atoms with Crippen molar-refractivity contribution in [1.82, 2.24) is 9.97 Å². The van der Waals surface area contributed by atoms with Crippen molar-refractivity contribution in [3.8, 4) is 0 Å². The molecule has 1 N–H and O–H groups in total. The minimum atomic E-state index is -1.39. The van der Waals surface area contributed by atoms with Crippen LogP contribution in [-0.2, 0) is 9.53 Å². The van der Waals surface area contributed by atoms with E-state index in [0.717, 1.165) is 0 Å². The fourth-order valence-corrected chi connectivity index (χ4v) is 0.778. The second kappa shape index (κ2) is 4.51. The molecule has 0 amide bonds. The highest BCUT2D eigenvalue weighted by Gasteiger charge is 2.20. The minimum absolute atomic E-state index is 0.0564. The van der Waals surface area contributed by atoms with Crippen molar-refractivity contribution in [3.05, 3.63) is 24.3 Å². The van der Waals surface area contributed by atoms with Crippen LogP contribution in [0.3, 0.4) is 0 Å². The quantitative estimate of drug-likeness (QED) is 0.670. The molecule has 5 nitrogen and oxygen atoms in total. The Bertz CT molecular complexity index is 276. The van der Waals surface area contributed by atoms with Crippen molar-refractivity contribution in [2.75, 3.05) is 6.61 Å². The lowest BCUT2D eigenvalue weighted by Crippen LogP contribution is -2.17. The molecule has 0 spiro atoms. The second-order valence-corrected chi connectivity index (χ2v) is 2.26. The molecule has 70 valence electrons. The van der Waals surface area contributed by atoms with E-state index in [2.05, 4.69) is 14.7 Å². The van der Waals surface area contributed by atoms with Gasteiger partial charge in [-0.3, -0.25) is 0 Å². The molecule has 0 aliphatic heterocycles. The van der Waals surface area contributed by atoms with E-state index in [0.29, 0.717) is 0 Å². The predicted molar refractivity (Wildman–Crippen MR) is 43.6 cm³/mol. The summed E-state index contributed by atoms with van der Waals surface area (Å²) in [6.45, 7) is 1.89. The highest BCUT2D eigenvalue weighted by Crippen LogP contribution is 2.07. The average Bonchev–Trinajstić information content (AvgIpc) is 2.18. The third-order valence-electron chi connectivity index (χ3n) is 1.34. The van der Waals surface area contributed by atoms with Gasteiger partial charge in [0, 0.05) is 12.4 Å². The van der Waals surface area contributed by atoms with Crippen LogP contribution in [0.4, 0.5) is 0 Å². The summed E-state index contributed by atoms with van der Waals surface area (Å²) in [7, 11) is 0. The summed E-state index contributed by atoms with van der Waals surface area (Å²) in [5.74, 6) is -0.672. The van der Waals surface area contributed by atoms with Crippen LogP contribution in [0.5, 0.6) is 0 Å². The van der Waals surface area contributed by atoms with Gasteiger partial charge in [-0.15, -0.1) is 0 Å².